The van der Waals surface area contributed by atoms with Gasteiger partial charge >= 0.3 is 5.97 Å². The first-order valence-corrected chi connectivity index (χ1v) is 8.21. The molecule has 0 spiro atoms. The Hall–Kier alpha value is -2.20. The van der Waals surface area contributed by atoms with Gasteiger partial charge in [-0.25, -0.2) is 9.79 Å². The highest BCUT2D eigenvalue weighted by Gasteiger charge is 2.23. The molecule has 3 nitrogen and oxygen atoms in total. The summed E-state index contributed by atoms with van der Waals surface area (Å²) in [4.78, 5) is 16.3. The summed E-state index contributed by atoms with van der Waals surface area (Å²) in [5.74, 6) is 0.401. The third-order valence-corrected chi connectivity index (χ3v) is 4.15. The van der Waals surface area contributed by atoms with E-state index in [2.05, 4.69) is 46.9 Å². The maximum Gasteiger partial charge on any atom is 0.363 e. The molecule has 4 heteroatoms. The lowest BCUT2D eigenvalue weighted by Crippen LogP contribution is -2.05. The van der Waals surface area contributed by atoms with Gasteiger partial charge in [-0.15, -0.1) is 0 Å². The van der Waals surface area contributed by atoms with Crippen LogP contribution in [0, 0.1) is 0 Å². The van der Waals surface area contributed by atoms with Crippen LogP contribution in [0.5, 0.6) is 0 Å². The zero-order valence-corrected chi connectivity index (χ0v) is 14.5. The molecule has 0 fully saturated rings. The van der Waals surface area contributed by atoms with Gasteiger partial charge in [0.2, 0.25) is 5.90 Å². The lowest BCUT2D eigenvalue weighted by Gasteiger charge is -2.04. The normalized spacial score (nSPS) is 15.9. The Morgan fingerprint density at radius 1 is 1.04 bits per heavy atom. The Morgan fingerprint density at radius 3 is 2.30 bits per heavy atom. The van der Waals surface area contributed by atoms with Crippen LogP contribution in [-0.2, 0) is 9.53 Å². The molecule has 0 saturated heterocycles. The standard InChI is InChI=1S/C19H16BrNO2/c1-12(2)14-5-3-13(4-6-14)11-17-19(22)23-18(21-17)15-7-9-16(20)10-8-15/h3-12H,1-2H3/b17-11+. The Bertz CT molecular complexity index is 787. The fourth-order valence-corrected chi connectivity index (χ4v) is 2.52. The number of carbonyl (C=O) groups is 1. The fraction of sp³-hybridized carbons (Fsp3) is 0.158. The first-order chi connectivity index (χ1) is 11.0. The lowest BCUT2D eigenvalue weighted by atomic mass is 10.0. The molecule has 3 rings (SSSR count). The van der Waals surface area contributed by atoms with Crippen LogP contribution in [0.25, 0.3) is 6.08 Å². The highest BCUT2D eigenvalue weighted by atomic mass is 79.9. The highest BCUT2D eigenvalue weighted by molar-refractivity contribution is 9.10. The maximum absolute atomic E-state index is 12.0. The molecule has 1 heterocycles. The number of ether oxygens (including phenoxy) is 1. The summed E-state index contributed by atoms with van der Waals surface area (Å²) in [6, 6.07) is 15.6. The van der Waals surface area contributed by atoms with Crippen molar-refractivity contribution in [2.24, 2.45) is 4.99 Å². The minimum absolute atomic E-state index is 0.320. The molecule has 23 heavy (non-hydrogen) atoms. The van der Waals surface area contributed by atoms with Gasteiger partial charge in [-0.05, 0) is 47.4 Å². The quantitative estimate of drug-likeness (QED) is 0.568. The van der Waals surface area contributed by atoms with Crippen LogP contribution in [-0.4, -0.2) is 11.9 Å². The van der Waals surface area contributed by atoms with Crippen molar-refractivity contribution in [1.82, 2.24) is 0 Å². The summed E-state index contributed by atoms with van der Waals surface area (Å²) in [6.07, 6.45) is 1.75. The summed E-state index contributed by atoms with van der Waals surface area (Å²) in [6.45, 7) is 4.30. The van der Waals surface area contributed by atoms with E-state index in [0.717, 1.165) is 15.6 Å². The van der Waals surface area contributed by atoms with Gasteiger partial charge < -0.3 is 4.74 Å². The first-order valence-electron chi connectivity index (χ1n) is 7.41. The molecule has 0 unspecified atom stereocenters. The van der Waals surface area contributed by atoms with Gasteiger partial charge in [0.15, 0.2) is 5.70 Å². The molecule has 1 aliphatic rings. The van der Waals surface area contributed by atoms with Crippen molar-refractivity contribution in [1.29, 1.82) is 0 Å². The second-order valence-corrected chi connectivity index (χ2v) is 6.58. The zero-order chi connectivity index (χ0) is 16.4. The zero-order valence-electron chi connectivity index (χ0n) is 12.9. The highest BCUT2D eigenvalue weighted by Crippen LogP contribution is 2.21. The monoisotopic (exact) mass is 369 g/mol. The SMILES string of the molecule is CC(C)c1ccc(/C=C2/N=C(c3ccc(Br)cc3)OC2=O)cc1. The van der Waals surface area contributed by atoms with Crippen molar-refractivity contribution in [2.45, 2.75) is 19.8 Å². The van der Waals surface area contributed by atoms with E-state index in [1.54, 1.807) is 6.08 Å². The average Bonchev–Trinajstić information content (AvgIpc) is 2.89. The Balaban J connectivity index is 1.87. The largest absolute Gasteiger partial charge is 0.402 e. The minimum Gasteiger partial charge on any atom is -0.402 e. The molecule has 0 saturated carbocycles. The van der Waals surface area contributed by atoms with E-state index in [-0.39, 0.29) is 0 Å². The number of halogens is 1. The molecule has 0 aliphatic carbocycles. The Morgan fingerprint density at radius 2 is 1.70 bits per heavy atom. The lowest BCUT2D eigenvalue weighted by molar-refractivity contribution is -0.129. The Labute approximate surface area is 143 Å². The van der Waals surface area contributed by atoms with Crippen LogP contribution >= 0.6 is 15.9 Å². The van der Waals surface area contributed by atoms with E-state index < -0.39 is 5.97 Å². The number of esters is 1. The van der Waals surface area contributed by atoms with Crippen LogP contribution in [0.1, 0.15) is 36.5 Å². The van der Waals surface area contributed by atoms with Crippen LogP contribution in [0.3, 0.4) is 0 Å². The topological polar surface area (TPSA) is 38.7 Å². The molecule has 1 aliphatic heterocycles. The third kappa shape index (κ3) is 3.59. The number of hydrogen-bond donors (Lipinski definition) is 0. The third-order valence-electron chi connectivity index (χ3n) is 3.62. The number of rotatable bonds is 3. The molecule has 2 aromatic carbocycles. The summed E-state index contributed by atoms with van der Waals surface area (Å²) in [7, 11) is 0. The summed E-state index contributed by atoms with van der Waals surface area (Å²) >= 11 is 3.38. The fourth-order valence-electron chi connectivity index (χ4n) is 2.26. The predicted molar refractivity (Wildman–Crippen MR) is 95.3 cm³/mol. The van der Waals surface area contributed by atoms with Crippen LogP contribution in [0.15, 0.2) is 63.7 Å². The predicted octanol–water partition coefficient (Wildman–Crippen LogP) is 4.92. The molecule has 0 radical (unpaired) electrons. The van der Waals surface area contributed by atoms with Gasteiger partial charge in [0.1, 0.15) is 0 Å². The van der Waals surface area contributed by atoms with E-state index in [9.17, 15) is 4.79 Å². The van der Waals surface area contributed by atoms with E-state index in [1.807, 2.05) is 36.4 Å². The van der Waals surface area contributed by atoms with Crippen molar-refractivity contribution in [3.63, 3.8) is 0 Å². The first kappa shape index (κ1) is 15.7. The second-order valence-electron chi connectivity index (χ2n) is 5.66. The number of hydrogen-bond acceptors (Lipinski definition) is 3. The van der Waals surface area contributed by atoms with Gasteiger partial charge in [-0.3, -0.25) is 0 Å². The number of aliphatic imine (C=N–C) groups is 1. The molecule has 0 atom stereocenters. The summed E-state index contributed by atoms with van der Waals surface area (Å²) in [5.41, 5.74) is 3.29. The second kappa shape index (κ2) is 6.50. The van der Waals surface area contributed by atoms with E-state index in [0.29, 0.717) is 17.5 Å². The maximum atomic E-state index is 12.0. The smallest absolute Gasteiger partial charge is 0.363 e. The van der Waals surface area contributed by atoms with E-state index in [1.165, 1.54) is 5.56 Å². The number of carbonyl (C=O) groups excluding carboxylic acids is 1. The molecule has 2 aromatic rings. The average molecular weight is 370 g/mol. The van der Waals surface area contributed by atoms with Gasteiger partial charge in [0.05, 0.1) is 0 Å². The number of benzene rings is 2. The van der Waals surface area contributed by atoms with Crippen LogP contribution in [0.2, 0.25) is 0 Å². The van der Waals surface area contributed by atoms with Crippen molar-refractivity contribution in [3.8, 4) is 0 Å². The van der Waals surface area contributed by atoms with Crippen molar-refractivity contribution in [3.05, 3.63) is 75.4 Å². The van der Waals surface area contributed by atoms with Crippen molar-refractivity contribution in [2.75, 3.05) is 0 Å². The van der Waals surface area contributed by atoms with Crippen molar-refractivity contribution >= 4 is 33.9 Å². The molecule has 0 N–H and O–H groups in total. The van der Waals surface area contributed by atoms with Crippen molar-refractivity contribution < 1.29 is 9.53 Å². The van der Waals surface area contributed by atoms with Gasteiger partial charge in [-0.2, -0.15) is 0 Å². The molecular weight excluding hydrogens is 354 g/mol. The van der Waals surface area contributed by atoms with Gasteiger partial charge in [0.25, 0.3) is 0 Å². The van der Waals surface area contributed by atoms with E-state index >= 15 is 0 Å². The minimum atomic E-state index is -0.421. The van der Waals surface area contributed by atoms with Gasteiger partial charge in [0, 0.05) is 10.0 Å². The molecule has 0 aromatic heterocycles. The molecular formula is C19H16BrNO2. The van der Waals surface area contributed by atoms with Crippen LogP contribution < -0.4 is 0 Å². The molecule has 0 amide bonds. The van der Waals surface area contributed by atoms with E-state index in [4.69, 9.17) is 4.74 Å². The van der Waals surface area contributed by atoms with Crippen LogP contribution in [0.4, 0.5) is 0 Å². The summed E-state index contributed by atoms with van der Waals surface area (Å²) in [5, 5.41) is 0. The molecule has 116 valence electrons. The number of cyclic esters (lactones) is 1. The molecule has 0 bridgehead atoms. The van der Waals surface area contributed by atoms with Gasteiger partial charge in [-0.1, -0.05) is 54.0 Å². The Kier molecular flexibility index (Phi) is 4.44. The number of nitrogens with zero attached hydrogens (tertiary/aromatic N) is 1. The summed E-state index contributed by atoms with van der Waals surface area (Å²) < 4.78 is 6.23.